The topological polar surface area (TPSA) is 55.6 Å². The normalized spacial score (nSPS) is 12.6. The van der Waals surface area contributed by atoms with E-state index in [1.54, 1.807) is 17.2 Å². The van der Waals surface area contributed by atoms with Crippen molar-refractivity contribution < 1.29 is 0 Å². The van der Waals surface area contributed by atoms with Crippen LogP contribution >= 0.6 is 15.9 Å². The number of anilines is 1. The zero-order chi connectivity index (χ0) is 14.1. The molecule has 0 radical (unpaired) electrons. The number of rotatable bonds is 3. The van der Waals surface area contributed by atoms with Gasteiger partial charge in [-0.25, -0.2) is 9.97 Å². The predicted molar refractivity (Wildman–Crippen MR) is 82.5 cm³/mol. The molecule has 2 aromatic heterocycles. The fourth-order valence-electron chi connectivity index (χ4n) is 2.12. The maximum Gasteiger partial charge on any atom is 0.163 e. The largest absolute Gasteiger partial charge is 0.363 e. The first-order valence-electron chi connectivity index (χ1n) is 6.30. The Labute approximate surface area is 125 Å². The van der Waals surface area contributed by atoms with E-state index in [4.69, 9.17) is 0 Å². The van der Waals surface area contributed by atoms with Crippen molar-refractivity contribution in [1.29, 1.82) is 0 Å². The van der Waals surface area contributed by atoms with Crippen molar-refractivity contribution in [3.8, 4) is 0 Å². The highest BCUT2D eigenvalue weighted by molar-refractivity contribution is 9.10. The highest BCUT2D eigenvalue weighted by atomic mass is 79.9. The molecule has 0 unspecified atom stereocenters. The molecular formula is C14H14BrN5. The molecule has 0 saturated heterocycles. The van der Waals surface area contributed by atoms with Crippen molar-refractivity contribution >= 4 is 32.8 Å². The van der Waals surface area contributed by atoms with Crippen LogP contribution in [0.4, 0.5) is 5.82 Å². The zero-order valence-corrected chi connectivity index (χ0v) is 12.8. The highest BCUT2D eigenvalue weighted by Crippen LogP contribution is 2.24. The van der Waals surface area contributed by atoms with Crippen LogP contribution in [-0.4, -0.2) is 19.7 Å². The molecule has 1 N–H and O–H groups in total. The molecule has 0 spiro atoms. The van der Waals surface area contributed by atoms with Gasteiger partial charge >= 0.3 is 0 Å². The molecule has 20 heavy (non-hydrogen) atoms. The second kappa shape index (κ2) is 5.20. The Morgan fingerprint density at radius 2 is 1.95 bits per heavy atom. The minimum Gasteiger partial charge on any atom is -0.363 e. The van der Waals surface area contributed by atoms with Crippen LogP contribution in [0.1, 0.15) is 18.5 Å². The Hall–Kier alpha value is -1.95. The van der Waals surface area contributed by atoms with Gasteiger partial charge in [0.2, 0.25) is 0 Å². The molecule has 102 valence electrons. The summed E-state index contributed by atoms with van der Waals surface area (Å²) in [6, 6.07) is 8.40. The van der Waals surface area contributed by atoms with Crippen LogP contribution in [0.5, 0.6) is 0 Å². The molecule has 0 amide bonds. The number of benzene rings is 1. The molecule has 1 aromatic carbocycles. The van der Waals surface area contributed by atoms with Crippen molar-refractivity contribution in [1.82, 2.24) is 19.7 Å². The van der Waals surface area contributed by atoms with Crippen LogP contribution in [0, 0.1) is 0 Å². The van der Waals surface area contributed by atoms with Crippen molar-refractivity contribution in [2.24, 2.45) is 7.05 Å². The average Bonchev–Trinajstić information content (AvgIpc) is 2.82. The third-order valence-electron chi connectivity index (χ3n) is 3.25. The standard InChI is InChI=1S/C14H14BrN5/c1-9(10-3-5-11(15)6-4-10)19-13-12-7-18-20(2)14(12)17-8-16-13/h3-9H,1-2H3,(H,16,17,19)/t9-/m1/s1. The molecule has 3 aromatic rings. The number of hydrogen-bond donors (Lipinski definition) is 1. The lowest BCUT2D eigenvalue weighted by Gasteiger charge is -2.15. The van der Waals surface area contributed by atoms with Crippen LogP contribution in [0.25, 0.3) is 11.0 Å². The van der Waals surface area contributed by atoms with E-state index in [0.29, 0.717) is 0 Å². The van der Waals surface area contributed by atoms with Crippen LogP contribution in [0.2, 0.25) is 0 Å². The number of halogens is 1. The second-order valence-corrected chi connectivity index (χ2v) is 5.56. The number of fused-ring (bicyclic) bond motifs is 1. The fraction of sp³-hybridized carbons (Fsp3) is 0.214. The van der Waals surface area contributed by atoms with E-state index in [2.05, 4.69) is 55.4 Å². The first kappa shape index (κ1) is 13.1. The molecular weight excluding hydrogens is 318 g/mol. The number of aryl methyl sites for hydroxylation is 1. The minimum atomic E-state index is 0.154. The predicted octanol–water partition coefficient (Wildman–Crippen LogP) is 3.30. The molecule has 2 heterocycles. The summed E-state index contributed by atoms with van der Waals surface area (Å²) in [7, 11) is 1.87. The second-order valence-electron chi connectivity index (χ2n) is 4.65. The maximum atomic E-state index is 4.32. The van der Waals surface area contributed by atoms with Gasteiger partial charge in [0.15, 0.2) is 5.65 Å². The van der Waals surface area contributed by atoms with E-state index in [-0.39, 0.29) is 6.04 Å². The Balaban J connectivity index is 1.91. The van der Waals surface area contributed by atoms with Gasteiger partial charge in [-0.2, -0.15) is 5.10 Å². The number of aromatic nitrogens is 4. The van der Waals surface area contributed by atoms with Gasteiger partial charge in [-0.15, -0.1) is 0 Å². The Morgan fingerprint density at radius 3 is 2.70 bits per heavy atom. The van der Waals surface area contributed by atoms with Crippen LogP contribution in [0.3, 0.4) is 0 Å². The molecule has 0 aliphatic heterocycles. The van der Waals surface area contributed by atoms with Crippen molar-refractivity contribution in [2.75, 3.05) is 5.32 Å². The summed E-state index contributed by atoms with van der Waals surface area (Å²) in [6.07, 6.45) is 3.34. The van der Waals surface area contributed by atoms with Crippen LogP contribution < -0.4 is 5.32 Å². The summed E-state index contributed by atoms with van der Waals surface area (Å²) in [5.74, 6) is 0.804. The molecule has 5 nitrogen and oxygen atoms in total. The maximum absolute atomic E-state index is 4.32. The van der Waals surface area contributed by atoms with Gasteiger partial charge in [0.05, 0.1) is 11.6 Å². The lowest BCUT2D eigenvalue weighted by atomic mass is 10.1. The third-order valence-corrected chi connectivity index (χ3v) is 3.78. The Morgan fingerprint density at radius 1 is 1.20 bits per heavy atom. The molecule has 0 saturated carbocycles. The van der Waals surface area contributed by atoms with Gasteiger partial charge in [-0.1, -0.05) is 28.1 Å². The lowest BCUT2D eigenvalue weighted by molar-refractivity contribution is 0.785. The Bertz CT molecular complexity index is 735. The van der Waals surface area contributed by atoms with Crippen molar-refractivity contribution in [3.63, 3.8) is 0 Å². The smallest absolute Gasteiger partial charge is 0.163 e. The Kier molecular flexibility index (Phi) is 3.40. The monoisotopic (exact) mass is 331 g/mol. The number of hydrogen-bond acceptors (Lipinski definition) is 4. The van der Waals surface area contributed by atoms with Gasteiger partial charge < -0.3 is 5.32 Å². The van der Waals surface area contributed by atoms with E-state index in [9.17, 15) is 0 Å². The molecule has 0 aliphatic carbocycles. The van der Waals surface area contributed by atoms with E-state index in [0.717, 1.165) is 21.3 Å². The minimum absolute atomic E-state index is 0.154. The summed E-state index contributed by atoms with van der Waals surface area (Å²) in [5, 5.41) is 8.56. The molecule has 0 bridgehead atoms. The first-order valence-corrected chi connectivity index (χ1v) is 7.09. The lowest BCUT2D eigenvalue weighted by Crippen LogP contribution is -2.08. The molecule has 1 atom stereocenters. The van der Waals surface area contributed by atoms with E-state index < -0.39 is 0 Å². The van der Waals surface area contributed by atoms with E-state index in [1.165, 1.54) is 5.56 Å². The summed E-state index contributed by atoms with van der Waals surface area (Å²) in [4.78, 5) is 8.55. The summed E-state index contributed by atoms with van der Waals surface area (Å²) in [5.41, 5.74) is 2.02. The first-order chi connectivity index (χ1) is 9.65. The van der Waals surface area contributed by atoms with Gasteiger partial charge in [0.25, 0.3) is 0 Å². The van der Waals surface area contributed by atoms with E-state index >= 15 is 0 Å². The number of nitrogens with one attached hydrogen (secondary N) is 1. The SMILES string of the molecule is C[C@@H](Nc1ncnc2c1cnn2C)c1ccc(Br)cc1. The van der Waals surface area contributed by atoms with Gasteiger partial charge in [0, 0.05) is 17.6 Å². The highest BCUT2D eigenvalue weighted by Gasteiger charge is 2.11. The molecule has 3 rings (SSSR count). The zero-order valence-electron chi connectivity index (χ0n) is 11.2. The fourth-order valence-corrected chi connectivity index (χ4v) is 2.38. The summed E-state index contributed by atoms with van der Waals surface area (Å²) >= 11 is 3.44. The number of nitrogens with zero attached hydrogens (tertiary/aromatic N) is 4. The molecule has 6 heteroatoms. The quantitative estimate of drug-likeness (QED) is 0.800. The van der Waals surface area contributed by atoms with Gasteiger partial charge in [0.1, 0.15) is 12.1 Å². The van der Waals surface area contributed by atoms with Crippen molar-refractivity contribution in [3.05, 3.63) is 46.8 Å². The molecule has 0 fully saturated rings. The van der Waals surface area contributed by atoms with E-state index in [1.807, 2.05) is 19.2 Å². The summed E-state index contributed by atoms with van der Waals surface area (Å²) in [6.45, 7) is 2.10. The van der Waals surface area contributed by atoms with Crippen LogP contribution in [0.15, 0.2) is 41.3 Å². The van der Waals surface area contributed by atoms with Crippen LogP contribution in [-0.2, 0) is 7.05 Å². The van der Waals surface area contributed by atoms with Gasteiger partial charge in [-0.3, -0.25) is 4.68 Å². The molecule has 0 aliphatic rings. The van der Waals surface area contributed by atoms with Gasteiger partial charge in [-0.05, 0) is 24.6 Å². The van der Waals surface area contributed by atoms with Crippen molar-refractivity contribution in [2.45, 2.75) is 13.0 Å². The average molecular weight is 332 g/mol. The third kappa shape index (κ3) is 2.38. The summed E-state index contributed by atoms with van der Waals surface area (Å²) < 4.78 is 2.82.